The van der Waals surface area contributed by atoms with Crippen LogP contribution in [0, 0.1) is 11.3 Å². The Balaban J connectivity index is 1.29. The average Bonchev–Trinajstić information content (AvgIpc) is 3.97. The molecule has 0 unspecified atom stereocenters. The highest BCUT2D eigenvalue weighted by molar-refractivity contribution is 7.91. The summed E-state index contributed by atoms with van der Waals surface area (Å²) in [4.78, 5) is 47.6. The molecule has 3 fully saturated rings. The lowest BCUT2D eigenvalue weighted by Crippen LogP contribution is -2.56. The molecular weight excluding hydrogens is 632 g/mol. The van der Waals surface area contributed by atoms with Gasteiger partial charge in [0, 0.05) is 35.9 Å². The Hall–Kier alpha value is -4.19. The van der Waals surface area contributed by atoms with E-state index in [1.807, 2.05) is 82.3 Å². The third-order valence-corrected chi connectivity index (χ3v) is 11.3. The third kappa shape index (κ3) is 6.99. The highest BCUT2D eigenvalue weighted by Gasteiger charge is 2.62. The summed E-state index contributed by atoms with van der Waals surface area (Å²) in [5.74, 6) is -0.394. The Labute approximate surface area is 281 Å². The number of benzene rings is 2. The van der Waals surface area contributed by atoms with Crippen molar-refractivity contribution in [2.24, 2.45) is 11.3 Å². The average molecular weight is 677 g/mol. The van der Waals surface area contributed by atoms with E-state index in [-0.39, 0.29) is 36.6 Å². The van der Waals surface area contributed by atoms with Crippen molar-refractivity contribution in [2.75, 3.05) is 13.7 Å². The normalized spacial score (nSPS) is 23.9. The number of ether oxygens (including phenoxy) is 2. The summed E-state index contributed by atoms with van der Waals surface area (Å²) >= 11 is 0. The molecule has 6 rings (SSSR count). The number of nitrogens with one attached hydrogen (secondary N) is 2. The largest absolute Gasteiger partial charge is 0.497 e. The number of sulfonamides is 1. The van der Waals surface area contributed by atoms with Gasteiger partial charge in [0.25, 0.3) is 5.91 Å². The Morgan fingerprint density at radius 3 is 2.42 bits per heavy atom. The quantitative estimate of drug-likeness (QED) is 0.300. The van der Waals surface area contributed by atoms with Gasteiger partial charge in [-0.2, -0.15) is 0 Å². The Kier molecular flexibility index (Phi) is 8.91. The minimum Gasteiger partial charge on any atom is -0.497 e. The van der Waals surface area contributed by atoms with E-state index in [0.29, 0.717) is 48.4 Å². The zero-order valence-corrected chi connectivity index (χ0v) is 28.9. The van der Waals surface area contributed by atoms with Gasteiger partial charge in [-0.1, -0.05) is 64.4 Å². The summed E-state index contributed by atoms with van der Waals surface area (Å²) in [5, 5.41) is 3.09. The first-order valence-electron chi connectivity index (χ1n) is 16.6. The van der Waals surface area contributed by atoms with E-state index < -0.39 is 44.8 Å². The van der Waals surface area contributed by atoms with Gasteiger partial charge in [0.1, 0.15) is 29.2 Å². The fraction of sp³-hybridized carbons (Fsp3) is 0.500. The first kappa shape index (κ1) is 33.7. The molecule has 4 atom stereocenters. The molecule has 11 nitrogen and oxygen atoms in total. The SMILES string of the molecule is CC[C@@H]1C[C@]1(NC(=O)[C@@H]1C[C@@H](Oc2cc(-c3ccccc3)nc3cc(OC)ccc23)CN1C(=O)CC(C)(C)C)C(=O)NS(=O)(=O)C1CC1. The molecular formula is C36H44N4O7S. The fourth-order valence-corrected chi connectivity index (χ4v) is 7.96. The van der Waals surface area contributed by atoms with Crippen LogP contribution in [0.4, 0.5) is 0 Å². The summed E-state index contributed by atoms with van der Waals surface area (Å²) in [6.07, 6.45) is 1.81. The molecule has 2 heterocycles. The molecule has 2 N–H and O–H groups in total. The van der Waals surface area contributed by atoms with Crippen molar-refractivity contribution >= 4 is 38.6 Å². The maximum atomic E-state index is 14.1. The predicted molar refractivity (Wildman–Crippen MR) is 182 cm³/mol. The summed E-state index contributed by atoms with van der Waals surface area (Å²) in [6, 6.07) is 16.2. The van der Waals surface area contributed by atoms with Gasteiger partial charge in [-0.15, -0.1) is 0 Å². The van der Waals surface area contributed by atoms with E-state index >= 15 is 0 Å². The second-order valence-electron chi connectivity index (χ2n) is 14.5. The second-order valence-corrected chi connectivity index (χ2v) is 16.4. The molecule has 3 amide bonds. The third-order valence-electron chi connectivity index (χ3n) is 9.46. The van der Waals surface area contributed by atoms with Gasteiger partial charge >= 0.3 is 0 Å². The first-order valence-corrected chi connectivity index (χ1v) is 18.2. The first-order chi connectivity index (χ1) is 22.7. The lowest BCUT2D eigenvalue weighted by molar-refractivity contribution is -0.141. The van der Waals surface area contributed by atoms with Crippen LogP contribution in [0.5, 0.6) is 11.5 Å². The Bertz CT molecular complexity index is 1840. The number of methoxy groups -OCH3 is 1. The number of pyridine rings is 1. The second kappa shape index (κ2) is 12.7. The number of nitrogens with zero attached hydrogens (tertiary/aromatic N) is 2. The summed E-state index contributed by atoms with van der Waals surface area (Å²) in [7, 11) is -2.20. The molecule has 2 aliphatic carbocycles. The van der Waals surface area contributed by atoms with Crippen LogP contribution >= 0.6 is 0 Å². The van der Waals surface area contributed by atoms with Gasteiger partial charge in [-0.3, -0.25) is 19.1 Å². The van der Waals surface area contributed by atoms with E-state index in [9.17, 15) is 22.8 Å². The summed E-state index contributed by atoms with van der Waals surface area (Å²) < 4.78 is 39.6. The number of likely N-dealkylation sites (tertiary alicyclic amines) is 1. The number of fused-ring (bicyclic) bond motifs is 1. The van der Waals surface area contributed by atoms with E-state index in [0.717, 1.165) is 10.9 Å². The van der Waals surface area contributed by atoms with Crippen molar-refractivity contribution in [1.29, 1.82) is 0 Å². The number of aromatic nitrogens is 1. The number of hydrogen-bond acceptors (Lipinski definition) is 8. The van der Waals surface area contributed by atoms with Gasteiger partial charge < -0.3 is 19.7 Å². The number of hydrogen-bond donors (Lipinski definition) is 2. The molecule has 3 aromatic rings. The minimum absolute atomic E-state index is 0.167. The summed E-state index contributed by atoms with van der Waals surface area (Å²) in [6.45, 7) is 7.95. The van der Waals surface area contributed by atoms with Gasteiger partial charge in [0.2, 0.25) is 21.8 Å². The van der Waals surface area contributed by atoms with Crippen molar-refractivity contribution in [3.05, 3.63) is 54.6 Å². The van der Waals surface area contributed by atoms with Crippen molar-refractivity contribution in [1.82, 2.24) is 19.9 Å². The molecule has 0 bridgehead atoms. The number of rotatable bonds is 11. The van der Waals surface area contributed by atoms with Crippen LogP contribution in [0.1, 0.15) is 66.2 Å². The topological polar surface area (TPSA) is 144 Å². The van der Waals surface area contributed by atoms with Crippen LogP contribution < -0.4 is 19.5 Å². The van der Waals surface area contributed by atoms with Crippen LogP contribution in [-0.4, -0.2) is 72.6 Å². The fourth-order valence-electron chi connectivity index (χ4n) is 6.59. The monoisotopic (exact) mass is 676 g/mol. The molecule has 1 saturated heterocycles. The van der Waals surface area contributed by atoms with Crippen LogP contribution in [0.3, 0.4) is 0 Å². The van der Waals surface area contributed by atoms with Crippen molar-refractivity contribution in [3.8, 4) is 22.8 Å². The molecule has 1 aromatic heterocycles. The Morgan fingerprint density at radius 1 is 1.06 bits per heavy atom. The maximum absolute atomic E-state index is 14.1. The molecule has 2 saturated carbocycles. The molecule has 2 aromatic carbocycles. The lowest BCUT2D eigenvalue weighted by Gasteiger charge is -2.29. The van der Waals surface area contributed by atoms with E-state index in [1.54, 1.807) is 12.0 Å². The van der Waals surface area contributed by atoms with Gasteiger partial charge in [-0.25, -0.2) is 13.4 Å². The van der Waals surface area contributed by atoms with Gasteiger partial charge in [-0.05, 0) is 42.7 Å². The molecule has 0 spiro atoms. The predicted octanol–water partition coefficient (Wildman–Crippen LogP) is 4.59. The summed E-state index contributed by atoms with van der Waals surface area (Å²) in [5.41, 5.74) is 0.611. The van der Waals surface area contributed by atoms with Crippen molar-refractivity contribution < 1.29 is 32.3 Å². The van der Waals surface area contributed by atoms with Crippen LogP contribution in [-0.2, 0) is 24.4 Å². The van der Waals surface area contributed by atoms with Gasteiger partial charge in [0.05, 0.1) is 30.1 Å². The molecule has 1 aliphatic heterocycles. The molecule has 256 valence electrons. The molecule has 48 heavy (non-hydrogen) atoms. The zero-order chi connectivity index (χ0) is 34.4. The highest BCUT2D eigenvalue weighted by atomic mass is 32.2. The smallest absolute Gasteiger partial charge is 0.259 e. The molecule has 12 heteroatoms. The lowest BCUT2D eigenvalue weighted by atomic mass is 9.91. The number of carbonyl (C=O) groups excluding carboxylic acids is 3. The zero-order valence-electron chi connectivity index (χ0n) is 28.1. The maximum Gasteiger partial charge on any atom is 0.259 e. The molecule has 0 radical (unpaired) electrons. The van der Waals surface area contributed by atoms with Crippen molar-refractivity contribution in [2.45, 2.75) is 89.2 Å². The van der Waals surface area contributed by atoms with Crippen LogP contribution in [0.2, 0.25) is 0 Å². The van der Waals surface area contributed by atoms with E-state index in [4.69, 9.17) is 14.5 Å². The minimum atomic E-state index is -3.80. The molecule has 3 aliphatic rings. The Morgan fingerprint density at radius 2 is 1.79 bits per heavy atom. The van der Waals surface area contributed by atoms with Crippen LogP contribution in [0.15, 0.2) is 54.6 Å². The van der Waals surface area contributed by atoms with E-state index in [2.05, 4.69) is 10.0 Å². The number of amides is 3. The van der Waals surface area contributed by atoms with Crippen LogP contribution in [0.25, 0.3) is 22.2 Å². The standard InChI is InChI=1S/C36H44N4O7S/c1-6-23-19-36(23,34(43)39-48(44,45)26-13-14-26)38-33(42)30-17-25(21-40(30)32(41)20-35(2,3)4)47-31-18-28(22-10-8-7-9-11-22)37-29-16-24(46-5)12-15-27(29)31/h7-12,15-16,18,23,25-26,30H,6,13-14,17,19-21H2,1-5H3,(H,38,42)(H,39,43)/t23-,25-,30+,36-/m1/s1. The van der Waals surface area contributed by atoms with Crippen molar-refractivity contribution in [3.63, 3.8) is 0 Å². The van der Waals surface area contributed by atoms with Gasteiger partial charge in [0.15, 0.2) is 0 Å². The van der Waals surface area contributed by atoms with E-state index in [1.165, 1.54) is 0 Å². The number of carbonyl (C=O) groups is 3. The highest BCUT2D eigenvalue weighted by Crippen LogP contribution is 2.47.